The minimum Gasteiger partial charge on any atom is -0.490 e. The van der Waals surface area contributed by atoms with Crippen LogP contribution in [0.25, 0.3) is 6.08 Å². The molecule has 0 aliphatic carbocycles. The number of nitrogens with zero attached hydrogens (tertiary/aromatic N) is 2. The number of para-hydroxylation sites is 1. The van der Waals surface area contributed by atoms with Crippen molar-refractivity contribution >= 4 is 34.7 Å². The number of carbonyl (C=O) groups is 2. The first-order chi connectivity index (χ1) is 15.4. The van der Waals surface area contributed by atoms with Gasteiger partial charge >= 0.3 is 0 Å². The van der Waals surface area contributed by atoms with Crippen molar-refractivity contribution in [1.82, 2.24) is 4.90 Å². The number of methoxy groups -OCH3 is 1. The molecule has 1 aliphatic rings. The van der Waals surface area contributed by atoms with E-state index in [1.54, 1.807) is 42.5 Å². The van der Waals surface area contributed by atoms with Crippen LogP contribution in [0.1, 0.15) is 18.1 Å². The number of carbonyl (C=O) groups excluding carboxylic acids is 2. The molecule has 1 fully saturated rings. The summed E-state index contributed by atoms with van der Waals surface area (Å²) in [5.41, 5.74) is 1.07. The van der Waals surface area contributed by atoms with Crippen LogP contribution in [0.2, 0.25) is 0 Å². The van der Waals surface area contributed by atoms with E-state index in [4.69, 9.17) is 14.2 Å². The minimum atomic E-state index is -0.453. The molecule has 32 heavy (non-hydrogen) atoms. The predicted octanol–water partition coefficient (Wildman–Crippen LogP) is 4.26. The van der Waals surface area contributed by atoms with Gasteiger partial charge in [0, 0.05) is 13.2 Å². The van der Waals surface area contributed by atoms with Crippen LogP contribution in [0.4, 0.5) is 10.5 Å². The van der Waals surface area contributed by atoms with Gasteiger partial charge in [0.05, 0.1) is 35.2 Å². The van der Waals surface area contributed by atoms with E-state index in [9.17, 15) is 19.7 Å². The number of amides is 2. The van der Waals surface area contributed by atoms with Crippen LogP contribution in [-0.4, -0.2) is 47.8 Å². The molecule has 0 bridgehead atoms. The monoisotopic (exact) mass is 458 g/mol. The molecule has 0 atom stereocenters. The summed E-state index contributed by atoms with van der Waals surface area (Å²) in [5.74, 6) is 0.473. The van der Waals surface area contributed by atoms with Gasteiger partial charge in [-0.2, -0.15) is 0 Å². The maximum Gasteiger partial charge on any atom is 0.293 e. The summed E-state index contributed by atoms with van der Waals surface area (Å²) >= 11 is 0.869. The van der Waals surface area contributed by atoms with Gasteiger partial charge in [0.1, 0.15) is 6.61 Å². The van der Waals surface area contributed by atoms with Crippen LogP contribution < -0.4 is 9.47 Å². The van der Waals surface area contributed by atoms with Crippen molar-refractivity contribution in [3.8, 4) is 11.5 Å². The number of nitro groups is 1. The van der Waals surface area contributed by atoms with Crippen LogP contribution in [0, 0.1) is 10.1 Å². The molecule has 0 N–H and O–H groups in total. The molecule has 1 heterocycles. The predicted molar refractivity (Wildman–Crippen MR) is 120 cm³/mol. The quantitative estimate of drug-likeness (QED) is 0.295. The van der Waals surface area contributed by atoms with E-state index >= 15 is 0 Å². The minimum absolute atomic E-state index is 0.00500. The van der Waals surface area contributed by atoms with E-state index in [2.05, 4.69) is 0 Å². The third-order valence-corrected chi connectivity index (χ3v) is 5.44. The number of thioether (sulfide) groups is 1. The maximum atomic E-state index is 12.5. The molecule has 0 saturated carbocycles. The molecule has 2 aromatic rings. The Bertz CT molecular complexity index is 1050. The maximum absolute atomic E-state index is 12.5. The van der Waals surface area contributed by atoms with Crippen molar-refractivity contribution in [3.63, 3.8) is 0 Å². The summed E-state index contributed by atoms with van der Waals surface area (Å²) in [6, 6.07) is 11.4. The summed E-state index contributed by atoms with van der Waals surface area (Å²) in [5, 5.41) is 10.9. The molecule has 168 valence electrons. The summed E-state index contributed by atoms with van der Waals surface area (Å²) in [4.78, 5) is 36.8. The SMILES string of the molecule is CCOc1cc(/C=C2/SC(=O)N(CCOC)C2=O)ccc1OCc1ccccc1[N+](=O)[O-]. The number of rotatable bonds is 10. The lowest BCUT2D eigenvalue weighted by Crippen LogP contribution is -2.31. The molecule has 10 heteroatoms. The van der Waals surface area contributed by atoms with Crippen LogP contribution in [0.3, 0.4) is 0 Å². The highest BCUT2D eigenvalue weighted by molar-refractivity contribution is 8.18. The molecule has 1 saturated heterocycles. The highest BCUT2D eigenvalue weighted by atomic mass is 32.2. The average molecular weight is 458 g/mol. The summed E-state index contributed by atoms with van der Waals surface area (Å²) in [7, 11) is 1.50. The first-order valence-corrected chi connectivity index (χ1v) is 10.6. The Hall–Kier alpha value is -3.37. The number of ether oxygens (including phenoxy) is 3. The lowest BCUT2D eigenvalue weighted by molar-refractivity contribution is -0.385. The number of hydrogen-bond acceptors (Lipinski definition) is 8. The molecular formula is C22H22N2O7S. The highest BCUT2D eigenvalue weighted by Gasteiger charge is 2.34. The summed E-state index contributed by atoms with van der Waals surface area (Å²) in [6.45, 7) is 2.65. The second kappa shape index (κ2) is 10.8. The fraction of sp³-hybridized carbons (Fsp3) is 0.273. The molecular weight excluding hydrogens is 436 g/mol. The third-order valence-electron chi connectivity index (χ3n) is 4.53. The number of hydrogen-bond donors (Lipinski definition) is 0. The second-order valence-corrected chi connectivity index (χ2v) is 7.63. The fourth-order valence-corrected chi connectivity index (χ4v) is 3.86. The molecule has 9 nitrogen and oxygen atoms in total. The fourth-order valence-electron chi connectivity index (χ4n) is 3.00. The summed E-state index contributed by atoms with van der Waals surface area (Å²) < 4.78 is 16.4. The number of benzene rings is 2. The Kier molecular flexibility index (Phi) is 7.85. The van der Waals surface area contributed by atoms with Crippen LogP contribution in [-0.2, 0) is 16.1 Å². The van der Waals surface area contributed by atoms with Gasteiger partial charge in [-0.25, -0.2) is 0 Å². The van der Waals surface area contributed by atoms with Crippen LogP contribution >= 0.6 is 11.8 Å². The lowest BCUT2D eigenvalue weighted by atomic mass is 10.1. The largest absolute Gasteiger partial charge is 0.490 e. The van der Waals surface area contributed by atoms with Gasteiger partial charge < -0.3 is 14.2 Å². The van der Waals surface area contributed by atoms with Gasteiger partial charge in [-0.15, -0.1) is 0 Å². The third kappa shape index (κ3) is 5.45. The molecule has 3 rings (SSSR count). The van der Waals surface area contributed by atoms with E-state index in [1.165, 1.54) is 13.2 Å². The first-order valence-electron chi connectivity index (χ1n) is 9.80. The lowest BCUT2D eigenvalue weighted by Gasteiger charge is -2.13. The Balaban J connectivity index is 1.79. The average Bonchev–Trinajstić information content (AvgIpc) is 3.04. The van der Waals surface area contributed by atoms with Crippen molar-refractivity contribution in [2.45, 2.75) is 13.5 Å². The van der Waals surface area contributed by atoms with Gasteiger partial charge in [-0.1, -0.05) is 18.2 Å². The smallest absolute Gasteiger partial charge is 0.293 e. The molecule has 2 amide bonds. The normalized spacial score (nSPS) is 14.8. The van der Waals surface area contributed by atoms with Gasteiger partial charge in [-0.05, 0) is 48.5 Å². The molecule has 0 radical (unpaired) electrons. The van der Waals surface area contributed by atoms with Crippen molar-refractivity contribution in [1.29, 1.82) is 0 Å². The Morgan fingerprint density at radius 3 is 2.62 bits per heavy atom. The molecule has 0 aromatic heterocycles. The molecule has 2 aromatic carbocycles. The van der Waals surface area contributed by atoms with Gasteiger partial charge in [0.25, 0.3) is 16.8 Å². The van der Waals surface area contributed by atoms with Crippen molar-refractivity contribution in [2.24, 2.45) is 0 Å². The van der Waals surface area contributed by atoms with E-state index < -0.39 is 4.92 Å². The summed E-state index contributed by atoms with van der Waals surface area (Å²) in [6.07, 6.45) is 1.62. The van der Waals surface area contributed by atoms with Crippen molar-refractivity contribution < 1.29 is 28.7 Å². The Morgan fingerprint density at radius 1 is 1.12 bits per heavy atom. The van der Waals surface area contributed by atoms with Crippen LogP contribution in [0.15, 0.2) is 47.4 Å². The zero-order valence-electron chi connectivity index (χ0n) is 17.6. The van der Waals surface area contributed by atoms with E-state index in [-0.39, 0.29) is 36.6 Å². The van der Waals surface area contributed by atoms with E-state index in [1.807, 2.05) is 6.92 Å². The standard InChI is InChI=1S/C22H22N2O7S/c1-3-30-19-12-15(13-20-21(25)23(10-11-29-2)22(26)32-20)8-9-18(19)31-14-16-6-4-5-7-17(16)24(27)28/h4-9,12-13H,3,10-11,14H2,1-2H3/b20-13+. The topological polar surface area (TPSA) is 108 Å². The van der Waals surface area contributed by atoms with Crippen molar-refractivity contribution in [2.75, 3.05) is 26.9 Å². The zero-order chi connectivity index (χ0) is 23.1. The second-order valence-electron chi connectivity index (χ2n) is 6.64. The van der Waals surface area contributed by atoms with Gasteiger partial charge in [0.15, 0.2) is 11.5 Å². The molecule has 1 aliphatic heterocycles. The Labute approximate surface area is 189 Å². The number of nitro benzene ring substituents is 1. The van der Waals surface area contributed by atoms with Gasteiger partial charge in [0.2, 0.25) is 0 Å². The van der Waals surface area contributed by atoms with Gasteiger partial charge in [-0.3, -0.25) is 24.6 Å². The van der Waals surface area contributed by atoms with E-state index in [0.29, 0.717) is 34.1 Å². The van der Waals surface area contributed by atoms with Crippen LogP contribution in [0.5, 0.6) is 11.5 Å². The highest BCUT2D eigenvalue weighted by Crippen LogP contribution is 2.35. The Morgan fingerprint density at radius 2 is 1.91 bits per heavy atom. The molecule has 0 spiro atoms. The zero-order valence-corrected chi connectivity index (χ0v) is 18.4. The molecule has 0 unspecified atom stereocenters. The number of imide groups is 1. The first kappa shape index (κ1) is 23.3. The van der Waals surface area contributed by atoms with E-state index in [0.717, 1.165) is 16.7 Å². The van der Waals surface area contributed by atoms with Crippen molar-refractivity contribution in [3.05, 3.63) is 68.6 Å².